The van der Waals surface area contributed by atoms with Crippen molar-refractivity contribution in [2.24, 2.45) is 0 Å². The molecule has 7 aromatic rings. The highest BCUT2D eigenvalue weighted by Gasteiger charge is 2.15. The molecule has 0 spiro atoms. The molecule has 0 bridgehead atoms. The number of fused-ring (bicyclic) bond motifs is 3. The summed E-state index contributed by atoms with van der Waals surface area (Å²) in [6.07, 6.45) is 1.69. The van der Waals surface area contributed by atoms with Gasteiger partial charge in [0, 0.05) is 28.2 Å². The summed E-state index contributed by atoms with van der Waals surface area (Å²) in [7, 11) is 0. The van der Waals surface area contributed by atoms with Gasteiger partial charge in [0.2, 0.25) is 0 Å². The SMILES string of the molecule is N#Cc1ccnc(-c2cccc(-c3ccc4c(c3)c3cc(-c5ccccc5)ccc3n4-c3ccccc3)c2)c1. The average Bonchev–Trinajstić information content (AvgIpc) is 3.35. The molecule has 2 heterocycles. The summed E-state index contributed by atoms with van der Waals surface area (Å²) in [5.41, 5.74) is 10.5. The standard InChI is InChI=1S/C36H23N3/c37-24-25-18-19-38-34(20-25)30-11-7-10-27(21-30)29-15-17-36-33(23-29)32-22-28(26-8-3-1-4-9-26)14-16-35(32)39(36)31-12-5-2-6-13-31/h1-23H. The van der Waals surface area contributed by atoms with Crippen molar-refractivity contribution in [3.8, 4) is 45.3 Å². The van der Waals surface area contributed by atoms with Crippen molar-refractivity contribution in [1.82, 2.24) is 9.55 Å². The van der Waals surface area contributed by atoms with Crippen molar-refractivity contribution in [1.29, 1.82) is 5.26 Å². The first-order valence-corrected chi connectivity index (χ1v) is 12.9. The molecule has 0 radical (unpaired) electrons. The van der Waals surface area contributed by atoms with Crippen molar-refractivity contribution in [2.75, 3.05) is 0 Å². The van der Waals surface area contributed by atoms with Gasteiger partial charge in [-0.15, -0.1) is 0 Å². The number of hydrogen-bond acceptors (Lipinski definition) is 2. The van der Waals surface area contributed by atoms with Gasteiger partial charge in [-0.1, -0.05) is 78.9 Å². The zero-order chi connectivity index (χ0) is 26.2. The molecule has 0 fully saturated rings. The van der Waals surface area contributed by atoms with E-state index in [1.807, 2.05) is 12.1 Å². The minimum Gasteiger partial charge on any atom is -0.309 e. The second-order valence-electron chi connectivity index (χ2n) is 9.62. The lowest BCUT2D eigenvalue weighted by molar-refractivity contribution is 1.18. The Morgan fingerprint density at radius 2 is 1.10 bits per heavy atom. The van der Waals surface area contributed by atoms with Gasteiger partial charge in [0.25, 0.3) is 0 Å². The molecule has 0 aliphatic carbocycles. The monoisotopic (exact) mass is 497 g/mol. The maximum absolute atomic E-state index is 9.33. The van der Waals surface area contributed by atoms with Crippen molar-refractivity contribution >= 4 is 21.8 Å². The van der Waals surface area contributed by atoms with E-state index in [2.05, 4.69) is 131 Å². The van der Waals surface area contributed by atoms with Crippen LogP contribution in [0.4, 0.5) is 0 Å². The van der Waals surface area contributed by atoms with E-state index in [1.54, 1.807) is 12.3 Å². The first-order valence-electron chi connectivity index (χ1n) is 12.9. The number of nitriles is 1. The van der Waals surface area contributed by atoms with Crippen LogP contribution in [0.25, 0.3) is 61.0 Å². The maximum atomic E-state index is 9.33. The second kappa shape index (κ2) is 9.45. The normalized spacial score (nSPS) is 11.1. The molecule has 7 rings (SSSR count). The fourth-order valence-corrected chi connectivity index (χ4v) is 5.38. The fraction of sp³-hybridized carbons (Fsp3) is 0. The van der Waals surface area contributed by atoms with Crippen molar-refractivity contribution < 1.29 is 0 Å². The van der Waals surface area contributed by atoms with Crippen LogP contribution in [-0.2, 0) is 0 Å². The molecule has 0 N–H and O–H groups in total. The molecule has 3 nitrogen and oxygen atoms in total. The van der Waals surface area contributed by atoms with Crippen LogP contribution < -0.4 is 0 Å². The number of rotatable bonds is 4. The van der Waals surface area contributed by atoms with Crippen LogP contribution in [0, 0.1) is 11.3 Å². The van der Waals surface area contributed by atoms with Crippen LogP contribution in [-0.4, -0.2) is 9.55 Å². The van der Waals surface area contributed by atoms with Crippen molar-refractivity contribution in [2.45, 2.75) is 0 Å². The van der Waals surface area contributed by atoms with E-state index in [0.29, 0.717) is 5.56 Å². The quantitative estimate of drug-likeness (QED) is 0.243. The third-order valence-corrected chi connectivity index (χ3v) is 7.27. The zero-order valence-electron chi connectivity index (χ0n) is 21.1. The van der Waals surface area contributed by atoms with Gasteiger partial charge in [0.1, 0.15) is 0 Å². The lowest BCUT2D eigenvalue weighted by Gasteiger charge is -2.09. The van der Waals surface area contributed by atoms with Gasteiger partial charge >= 0.3 is 0 Å². The molecule has 182 valence electrons. The highest BCUT2D eigenvalue weighted by atomic mass is 15.0. The molecular weight excluding hydrogens is 474 g/mol. The summed E-state index contributed by atoms with van der Waals surface area (Å²) in [5.74, 6) is 0. The summed E-state index contributed by atoms with van der Waals surface area (Å²) in [6.45, 7) is 0. The molecule has 39 heavy (non-hydrogen) atoms. The van der Waals surface area contributed by atoms with E-state index < -0.39 is 0 Å². The van der Waals surface area contributed by atoms with Gasteiger partial charge in [-0.05, 0) is 76.9 Å². The molecule has 3 heteroatoms. The third kappa shape index (κ3) is 4.05. The number of para-hydroxylation sites is 1. The van der Waals surface area contributed by atoms with Crippen molar-refractivity contribution in [3.05, 3.63) is 145 Å². The molecular formula is C36H23N3. The Balaban J connectivity index is 1.43. The fourth-order valence-electron chi connectivity index (χ4n) is 5.38. The molecule has 0 aliphatic rings. The molecule has 5 aromatic carbocycles. The number of pyridine rings is 1. The van der Waals surface area contributed by atoms with Gasteiger partial charge in [-0.3, -0.25) is 4.98 Å². The molecule has 2 aromatic heterocycles. The minimum atomic E-state index is 0.606. The number of aromatic nitrogens is 2. The first-order chi connectivity index (χ1) is 19.3. The molecule has 0 atom stereocenters. The van der Waals surface area contributed by atoms with E-state index in [9.17, 15) is 5.26 Å². The Kier molecular flexibility index (Phi) is 5.50. The van der Waals surface area contributed by atoms with Gasteiger partial charge in [-0.25, -0.2) is 0 Å². The molecule has 0 amide bonds. The van der Waals surface area contributed by atoms with Crippen LogP contribution in [0.15, 0.2) is 140 Å². The van der Waals surface area contributed by atoms with Crippen LogP contribution in [0.2, 0.25) is 0 Å². The Bertz CT molecular complexity index is 2010. The van der Waals surface area contributed by atoms with Gasteiger partial charge in [0.05, 0.1) is 28.4 Å². The molecule has 0 aliphatic heterocycles. The summed E-state index contributed by atoms with van der Waals surface area (Å²) in [6, 6.07) is 48.7. The largest absolute Gasteiger partial charge is 0.309 e. The predicted octanol–water partition coefficient (Wildman–Crippen LogP) is 9.05. The molecule has 0 saturated carbocycles. The van der Waals surface area contributed by atoms with Crippen LogP contribution in [0.5, 0.6) is 0 Å². The lowest BCUT2D eigenvalue weighted by atomic mass is 9.98. The van der Waals surface area contributed by atoms with Gasteiger partial charge < -0.3 is 4.57 Å². The van der Waals surface area contributed by atoms with E-state index >= 15 is 0 Å². The highest BCUT2D eigenvalue weighted by molar-refractivity contribution is 6.11. The second-order valence-corrected chi connectivity index (χ2v) is 9.62. The van der Waals surface area contributed by atoms with E-state index in [-0.39, 0.29) is 0 Å². The van der Waals surface area contributed by atoms with Crippen LogP contribution in [0.3, 0.4) is 0 Å². The lowest BCUT2D eigenvalue weighted by Crippen LogP contribution is -1.93. The smallest absolute Gasteiger partial charge is 0.0992 e. The average molecular weight is 498 g/mol. The Morgan fingerprint density at radius 3 is 1.79 bits per heavy atom. The predicted molar refractivity (Wildman–Crippen MR) is 160 cm³/mol. The summed E-state index contributed by atoms with van der Waals surface area (Å²) in [4.78, 5) is 4.50. The maximum Gasteiger partial charge on any atom is 0.0992 e. The van der Waals surface area contributed by atoms with E-state index in [0.717, 1.165) is 28.1 Å². The Labute approximate surface area is 226 Å². The topological polar surface area (TPSA) is 41.6 Å². The van der Waals surface area contributed by atoms with Crippen LogP contribution >= 0.6 is 0 Å². The third-order valence-electron chi connectivity index (χ3n) is 7.27. The first kappa shape index (κ1) is 22.7. The zero-order valence-corrected chi connectivity index (χ0v) is 21.1. The number of hydrogen-bond donors (Lipinski definition) is 0. The molecule has 0 unspecified atom stereocenters. The number of benzene rings is 5. The van der Waals surface area contributed by atoms with Gasteiger partial charge in [0.15, 0.2) is 0 Å². The summed E-state index contributed by atoms with van der Waals surface area (Å²) in [5, 5.41) is 11.8. The van der Waals surface area contributed by atoms with Gasteiger partial charge in [-0.2, -0.15) is 5.26 Å². The van der Waals surface area contributed by atoms with Crippen LogP contribution in [0.1, 0.15) is 5.56 Å². The number of nitrogens with zero attached hydrogens (tertiary/aromatic N) is 3. The molecule has 0 saturated heterocycles. The summed E-state index contributed by atoms with van der Waals surface area (Å²) >= 11 is 0. The Morgan fingerprint density at radius 1 is 0.513 bits per heavy atom. The summed E-state index contributed by atoms with van der Waals surface area (Å²) < 4.78 is 2.34. The Hall–Kier alpha value is -5.46. The van der Waals surface area contributed by atoms with Crippen molar-refractivity contribution in [3.63, 3.8) is 0 Å². The minimum absolute atomic E-state index is 0.606. The van der Waals surface area contributed by atoms with E-state index in [1.165, 1.54) is 32.9 Å². The van der Waals surface area contributed by atoms with E-state index in [4.69, 9.17) is 0 Å². The highest BCUT2D eigenvalue weighted by Crippen LogP contribution is 2.37.